The van der Waals surface area contributed by atoms with Gasteiger partial charge in [0.1, 0.15) is 0 Å². The Bertz CT molecular complexity index is 115. The molecule has 0 aromatic rings. The summed E-state index contributed by atoms with van der Waals surface area (Å²) in [5.41, 5.74) is 0. The van der Waals surface area contributed by atoms with Gasteiger partial charge in [0.05, 0.1) is 0 Å². The standard InChI is InChI=1S/C3H3F6P/c1-2(4,10(8)9)3(5,6)7/h1H3. The molecule has 0 aromatic carbocycles. The van der Waals surface area contributed by atoms with Crippen LogP contribution in [0.2, 0.25) is 0 Å². The van der Waals surface area contributed by atoms with Crippen LogP contribution in [0.1, 0.15) is 6.92 Å². The van der Waals surface area contributed by atoms with E-state index in [4.69, 9.17) is 0 Å². The van der Waals surface area contributed by atoms with Crippen LogP contribution in [0.15, 0.2) is 0 Å². The number of hydrogen-bond acceptors (Lipinski definition) is 0. The van der Waals surface area contributed by atoms with Gasteiger partial charge in [0.25, 0.3) is 5.41 Å². The minimum absolute atomic E-state index is 0.168. The van der Waals surface area contributed by atoms with Gasteiger partial charge in [-0.25, -0.2) is 4.39 Å². The molecule has 0 aromatic heterocycles. The molecule has 0 aliphatic carbocycles. The van der Waals surface area contributed by atoms with Crippen LogP contribution in [-0.2, 0) is 0 Å². The van der Waals surface area contributed by atoms with Crippen molar-refractivity contribution >= 4 is 8.54 Å². The fraction of sp³-hybridized carbons (Fsp3) is 1.00. The summed E-state index contributed by atoms with van der Waals surface area (Å²) < 4.78 is 68.2. The van der Waals surface area contributed by atoms with Gasteiger partial charge in [-0.2, -0.15) is 21.6 Å². The second-order valence-corrected chi connectivity index (χ2v) is 2.99. The molecule has 62 valence electrons. The Morgan fingerprint density at radius 3 is 1.30 bits per heavy atom. The summed E-state index contributed by atoms with van der Waals surface area (Å²) >= 11 is 0. The molecule has 0 saturated heterocycles. The van der Waals surface area contributed by atoms with Crippen LogP contribution in [0, 0.1) is 0 Å². The maximum atomic E-state index is 11.9. The van der Waals surface area contributed by atoms with E-state index < -0.39 is 20.1 Å². The number of hydrogen-bond donors (Lipinski definition) is 0. The second-order valence-electron chi connectivity index (χ2n) is 1.68. The molecule has 0 nitrogen and oxygen atoms in total. The number of halogens is 6. The Balaban J connectivity index is 4.40. The Labute approximate surface area is 54.2 Å². The zero-order chi connectivity index (χ0) is 8.58. The second kappa shape index (κ2) is 2.57. The molecule has 0 aliphatic heterocycles. The average Bonchev–Trinajstić information content (AvgIpc) is 1.62. The van der Waals surface area contributed by atoms with Crippen molar-refractivity contribution in [2.75, 3.05) is 0 Å². The zero-order valence-electron chi connectivity index (χ0n) is 4.72. The minimum Gasteiger partial charge on any atom is -0.223 e. The number of alkyl halides is 4. The quantitative estimate of drug-likeness (QED) is 0.432. The smallest absolute Gasteiger partial charge is 0.223 e. The highest BCUT2D eigenvalue weighted by Gasteiger charge is 2.60. The van der Waals surface area contributed by atoms with Gasteiger partial charge in [0, 0.05) is 0 Å². The third kappa shape index (κ3) is 1.75. The highest BCUT2D eigenvalue weighted by Crippen LogP contribution is 2.60. The molecular weight excluding hydrogens is 181 g/mol. The Morgan fingerprint density at radius 1 is 1.00 bits per heavy atom. The lowest BCUT2D eigenvalue weighted by Gasteiger charge is -2.20. The summed E-state index contributed by atoms with van der Waals surface area (Å²) in [6, 6.07) is 0. The van der Waals surface area contributed by atoms with E-state index in [1.54, 1.807) is 0 Å². The first-order valence-corrected chi connectivity index (χ1v) is 3.19. The molecule has 0 N–H and O–H groups in total. The summed E-state index contributed by atoms with van der Waals surface area (Å²) in [4.78, 5) is 0. The van der Waals surface area contributed by atoms with Crippen molar-refractivity contribution in [3.05, 3.63) is 0 Å². The van der Waals surface area contributed by atoms with E-state index in [9.17, 15) is 26.0 Å². The fourth-order valence-electron chi connectivity index (χ4n) is 0.0958. The van der Waals surface area contributed by atoms with Crippen LogP contribution < -0.4 is 0 Å². The van der Waals surface area contributed by atoms with Crippen molar-refractivity contribution in [1.82, 2.24) is 0 Å². The lowest BCUT2D eigenvalue weighted by Crippen LogP contribution is -2.33. The van der Waals surface area contributed by atoms with Crippen molar-refractivity contribution in [3.63, 3.8) is 0 Å². The van der Waals surface area contributed by atoms with Crippen LogP contribution in [0.5, 0.6) is 0 Å². The van der Waals surface area contributed by atoms with Gasteiger partial charge < -0.3 is 0 Å². The van der Waals surface area contributed by atoms with Crippen LogP contribution in [0.3, 0.4) is 0 Å². The first kappa shape index (κ1) is 10.0. The summed E-state index contributed by atoms with van der Waals surface area (Å²) in [6.45, 7) is -0.168. The lowest BCUT2D eigenvalue weighted by molar-refractivity contribution is -0.193. The first-order valence-electron chi connectivity index (χ1n) is 2.07. The summed E-state index contributed by atoms with van der Waals surface area (Å²) in [5.74, 6) is 0. The van der Waals surface area contributed by atoms with E-state index in [0.29, 0.717) is 0 Å². The highest BCUT2D eigenvalue weighted by atomic mass is 31.2. The molecule has 1 unspecified atom stereocenters. The van der Waals surface area contributed by atoms with E-state index in [1.807, 2.05) is 0 Å². The highest BCUT2D eigenvalue weighted by molar-refractivity contribution is 7.48. The molecule has 7 heteroatoms. The van der Waals surface area contributed by atoms with Gasteiger partial charge in [-0.15, -0.1) is 0 Å². The van der Waals surface area contributed by atoms with Gasteiger partial charge >= 0.3 is 14.7 Å². The molecule has 0 bridgehead atoms. The molecule has 0 amide bonds. The molecule has 0 heterocycles. The Hall–Kier alpha value is 0.01000. The first-order chi connectivity index (χ1) is 4.19. The van der Waals surface area contributed by atoms with E-state index in [0.717, 1.165) is 0 Å². The molecule has 0 fully saturated rings. The van der Waals surface area contributed by atoms with Crippen molar-refractivity contribution in [2.24, 2.45) is 0 Å². The maximum Gasteiger partial charge on any atom is 0.431 e. The molecule has 10 heavy (non-hydrogen) atoms. The van der Waals surface area contributed by atoms with Gasteiger partial charge in [-0.1, -0.05) is 0 Å². The van der Waals surface area contributed by atoms with E-state index in [-0.39, 0.29) is 6.92 Å². The normalized spacial score (nSPS) is 19.2. The zero-order valence-corrected chi connectivity index (χ0v) is 5.61. The molecule has 0 radical (unpaired) electrons. The average molecular weight is 184 g/mol. The summed E-state index contributed by atoms with van der Waals surface area (Å²) in [5, 5.41) is -4.33. The third-order valence-corrected chi connectivity index (χ3v) is 1.72. The molecule has 1 atom stereocenters. The van der Waals surface area contributed by atoms with E-state index >= 15 is 0 Å². The molecule has 0 spiro atoms. The largest absolute Gasteiger partial charge is 0.431 e. The summed E-state index contributed by atoms with van der Waals surface area (Å²) in [7, 11) is -4.62. The minimum atomic E-state index is -5.47. The van der Waals surface area contributed by atoms with Gasteiger partial charge in [-0.3, -0.25) is 0 Å². The van der Waals surface area contributed by atoms with Crippen LogP contribution in [0.4, 0.5) is 26.0 Å². The maximum absolute atomic E-state index is 11.9. The van der Waals surface area contributed by atoms with Crippen molar-refractivity contribution < 1.29 is 26.0 Å². The molecular formula is C3H3F6P. The van der Waals surface area contributed by atoms with E-state index in [2.05, 4.69) is 0 Å². The third-order valence-electron chi connectivity index (χ3n) is 0.835. The van der Waals surface area contributed by atoms with E-state index in [1.165, 1.54) is 0 Å². The molecule has 0 aliphatic rings. The predicted molar refractivity (Wildman–Crippen MR) is 24.7 cm³/mol. The van der Waals surface area contributed by atoms with Crippen LogP contribution in [-0.4, -0.2) is 11.6 Å². The topological polar surface area (TPSA) is 0 Å². The molecule has 0 rings (SSSR count). The fourth-order valence-corrected chi connectivity index (χ4v) is 0.287. The number of rotatable bonds is 1. The van der Waals surface area contributed by atoms with Gasteiger partial charge in [0.15, 0.2) is 0 Å². The Morgan fingerprint density at radius 2 is 1.30 bits per heavy atom. The van der Waals surface area contributed by atoms with Crippen molar-refractivity contribution in [3.8, 4) is 0 Å². The monoisotopic (exact) mass is 184 g/mol. The van der Waals surface area contributed by atoms with Gasteiger partial charge in [0.2, 0.25) is 0 Å². The predicted octanol–water partition coefficient (Wildman–Crippen LogP) is 3.49. The SMILES string of the molecule is CC(F)(P(F)F)C(F)(F)F. The van der Waals surface area contributed by atoms with Crippen LogP contribution >= 0.6 is 8.54 Å². The summed E-state index contributed by atoms with van der Waals surface area (Å²) in [6.07, 6.45) is -5.47. The lowest BCUT2D eigenvalue weighted by atomic mass is 10.4. The van der Waals surface area contributed by atoms with Crippen LogP contribution in [0.25, 0.3) is 0 Å². The Kier molecular flexibility index (Phi) is 2.57. The van der Waals surface area contributed by atoms with Gasteiger partial charge in [-0.05, 0) is 6.92 Å². The van der Waals surface area contributed by atoms with Crippen molar-refractivity contribution in [2.45, 2.75) is 18.5 Å². The molecule has 0 saturated carbocycles. The van der Waals surface area contributed by atoms with Crippen molar-refractivity contribution in [1.29, 1.82) is 0 Å².